The van der Waals surface area contributed by atoms with Crippen LogP contribution in [0.25, 0.3) is 11.0 Å². The molecule has 0 spiro atoms. The Balaban J connectivity index is 1.39. The normalized spacial score (nSPS) is 18.2. The number of anilines is 3. The fraction of sp³-hybridized carbons (Fsp3) is 0.435. The number of hydrogen-bond acceptors (Lipinski definition) is 6. The molecule has 1 saturated heterocycles. The molecule has 156 valence electrons. The minimum Gasteiger partial charge on any atom is -0.393 e. The average Bonchev–Trinajstić information content (AvgIpc) is 3.29. The number of rotatable bonds is 4. The van der Waals surface area contributed by atoms with E-state index in [4.69, 9.17) is 4.98 Å². The average molecular weight is 406 g/mol. The third kappa shape index (κ3) is 3.77. The Morgan fingerprint density at radius 1 is 0.967 bits per heavy atom. The molecule has 2 N–H and O–H groups in total. The highest BCUT2D eigenvalue weighted by molar-refractivity contribution is 5.76. The molecule has 1 aromatic carbocycles. The van der Waals surface area contributed by atoms with Gasteiger partial charge in [0.05, 0.1) is 6.10 Å². The van der Waals surface area contributed by atoms with Crippen molar-refractivity contribution in [1.29, 1.82) is 0 Å². The van der Waals surface area contributed by atoms with Gasteiger partial charge in [-0.15, -0.1) is 0 Å². The first-order valence-corrected chi connectivity index (χ1v) is 10.9. The molecular formula is C23H27N5O2. The largest absolute Gasteiger partial charge is 0.393 e. The van der Waals surface area contributed by atoms with Crippen molar-refractivity contribution < 1.29 is 5.11 Å². The maximum absolute atomic E-state index is 12.6. The van der Waals surface area contributed by atoms with Crippen LogP contribution in [0.3, 0.4) is 0 Å². The second-order valence-electron chi connectivity index (χ2n) is 8.34. The van der Waals surface area contributed by atoms with E-state index < -0.39 is 0 Å². The first kappa shape index (κ1) is 19.1. The van der Waals surface area contributed by atoms with Gasteiger partial charge in [0.25, 0.3) is 5.56 Å². The number of hydrogen-bond donors (Lipinski definition) is 2. The molecule has 1 aliphatic carbocycles. The van der Waals surface area contributed by atoms with Crippen molar-refractivity contribution in [1.82, 2.24) is 14.5 Å². The molecule has 0 bridgehead atoms. The molecule has 0 unspecified atom stereocenters. The van der Waals surface area contributed by atoms with Crippen LogP contribution in [0.1, 0.15) is 44.6 Å². The van der Waals surface area contributed by atoms with Gasteiger partial charge in [-0.1, -0.05) is 12.8 Å². The van der Waals surface area contributed by atoms with Gasteiger partial charge in [-0.2, -0.15) is 4.98 Å². The predicted molar refractivity (Wildman–Crippen MR) is 118 cm³/mol. The summed E-state index contributed by atoms with van der Waals surface area (Å²) >= 11 is 0. The minimum atomic E-state index is -0.172. The van der Waals surface area contributed by atoms with Crippen LogP contribution in [0.5, 0.6) is 0 Å². The molecular weight excluding hydrogens is 378 g/mol. The number of aromatic nitrogens is 3. The minimum absolute atomic E-state index is 0.00931. The van der Waals surface area contributed by atoms with Crippen LogP contribution in [-0.2, 0) is 0 Å². The number of benzene rings is 1. The fourth-order valence-electron chi connectivity index (χ4n) is 4.62. The van der Waals surface area contributed by atoms with Gasteiger partial charge < -0.3 is 15.3 Å². The highest BCUT2D eigenvalue weighted by Gasteiger charge is 2.21. The number of piperidine rings is 1. The molecule has 1 aliphatic heterocycles. The van der Waals surface area contributed by atoms with Crippen LogP contribution in [0, 0.1) is 0 Å². The van der Waals surface area contributed by atoms with Gasteiger partial charge in [-0.25, -0.2) is 4.98 Å². The maximum Gasteiger partial charge on any atom is 0.252 e. The molecule has 3 aromatic rings. The maximum atomic E-state index is 12.6. The zero-order chi connectivity index (χ0) is 20.5. The fourth-order valence-corrected chi connectivity index (χ4v) is 4.62. The molecule has 3 heterocycles. The zero-order valence-corrected chi connectivity index (χ0v) is 17.0. The molecule has 2 aliphatic rings. The summed E-state index contributed by atoms with van der Waals surface area (Å²) in [6.45, 7) is 1.75. The van der Waals surface area contributed by atoms with E-state index >= 15 is 0 Å². The third-order valence-electron chi connectivity index (χ3n) is 6.31. The van der Waals surface area contributed by atoms with Crippen LogP contribution in [0.4, 0.5) is 17.3 Å². The standard InChI is InChI=1S/C23H27N5O2/c29-20-11-13-27(14-12-20)18-8-6-17(7-9-18)25-23-24-15-16-5-10-21(30)28(22(16)26-23)19-3-1-2-4-19/h5-10,15,19-20,29H,1-4,11-14H2,(H,24,25,26). The lowest BCUT2D eigenvalue weighted by molar-refractivity contribution is 0.145. The summed E-state index contributed by atoms with van der Waals surface area (Å²) < 4.78 is 1.85. The predicted octanol–water partition coefficient (Wildman–Crippen LogP) is 3.61. The quantitative estimate of drug-likeness (QED) is 0.690. The monoisotopic (exact) mass is 405 g/mol. The van der Waals surface area contributed by atoms with E-state index in [9.17, 15) is 9.90 Å². The van der Waals surface area contributed by atoms with E-state index in [1.807, 2.05) is 16.7 Å². The van der Waals surface area contributed by atoms with Crippen LogP contribution >= 0.6 is 0 Å². The van der Waals surface area contributed by atoms with E-state index in [-0.39, 0.29) is 17.7 Å². The first-order valence-electron chi connectivity index (χ1n) is 10.9. The van der Waals surface area contributed by atoms with Crippen molar-refractivity contribution in [3.63, 3.8) is 0 Å². The molecule has 2 aromatic heterocycles. The SMILES string of the molecule is O=c1ccc2cnc(Nc3ccc(N4CCC(O)CC4)cc3)nc2n1C1CCCC1. The number of fused-ring (bicyclic) bond motifs is 1. The van der Waals surface area contributed by atoms with Crippen LogP contribution in [0.2, 0.25) is 0 Å². The third-order valence-corrected chi connectivity index (χ3v) is 6.31. The second kappa shape index (κ2) is 8.07. The van der Waals surface area contributed by atoms with Crippen molar-refractivity contribution in [3.05, 3.63) is 52.9 Å². The van der Waals surface area contributed by atoms with Crippen molar-refractivity contribution in [3.8, 4) is 0 Å². The molecule has 30 heavy (non-hydrogen) atoms. The zero-order valence-electron chi connectivity index (χ0n) is 17.0. The van der Waals surface area contributed by atoms with Crippen molar-refractivity contribution in [2.24, 2.45) is 0 Å². The van der Waals surface area contributed by atoms with Crippen molar-refractivity contribution in [2.75, 3.05) is 23.3 Å². The van der Waals surface area contributed by atoms with Crippen molar-refractivity contribution >= 4 is 28.4 Å². The lowest BCUT2D eigenvalue weighted by Gasteiger charge is -2.31. The number of nitrogens with zero attached hydrogens (tertiary/aromatic N) is 4. The molecule has 2 fully saturated rings. The van der Waals surface area contributed by atoms with E-state index in [1.165, 1.54) is 0 Å². The van der Waals surface area contributed by atoms with Gasteiger partial charge in [0.15, 0.2) is 0 Å². The van der Waals surface area contributed by atoms with E-state index in [0.29, 0.717) is 11.6 Å². The van der Waals surface area contributed by atoms with Gasteiger partial charge >= 0.3 is 0 Å². The Kier molecular flexibility index (Phi) is 5.12. The summed E-state index contributed by atoms with van der Waals surface area (Å²) in [7, 11) is 0. The lowest BCUT2D eigenvalue weighted by atomic mass is 10.1. The molecule has 0 radical (unpaired) electrons. The van der Waals surface area contributed by atoms with E-state index in [2.05, 4.69) is 27.3 Å². The Hall–Kier alpha value is -2.93. The Morgan fingerprint density at radius 3 is 2.43 bits per heavy atom. The highest BCUT2D eigenvalue weighted by Crippen LogP contribution is 2.30. The molecule has 5 rings (SSSR count). The van der Waals surface area contributed by atoms with Gasteiger partial charge in [0.2, 0.25) is 5.95 Å². The van der Waals surface area contributed by atoms with E-state index in [0.717, 1.165) is 68.4 Å². The second-order valence-corrected chi connectivity index (χ2v) is 8.34. The summed E-state index contributed by atoms with van der Waals surface area (Å²) in [5.74, 6) is 0.494. The first-order chi connectivity index (χ1) is 14.7. The van der Waals surface area contributed by atoms with Crippen LogP contribution < -0.4 is 15.8 Å². The van der Waals surface area contributed by atoms with Crippen LogP contribution in [-0.4, -0.2) is 38.8 Å². The number of aliphatic hydroxyl groups excluding tert-OH is 1. The van der Waals surface area contributed by atoms with Gasteiger partial charge in [-0.3, -0.25) is 9.36 Å². The summed E-state index contributed by atoms with van der Waals surface area (Å²) in [4.78, 5) is 24.0. The summed E-state index contributed by atoms with van der Waals surface area (Å²) in [5.41, 5.74) is 2.77. The molecule has 0 amide bonds. The number of pyridine rings is 1. The lowest BCUT2D eigenvalue weighted by Crippen LogP contribution is -2.35. The molecule has 1 saturated carbocycles. The summed E-state index contributed by atoms with van der Waals surface area (Å²) in [6.07, 6.45) is 7.61. The van der Waals surface area contributed by atoms with Gasteiger partial charge in [0.1, 0.15) is 5.65 Å². The Morgan fingerprint density at radius 2 is 1.70 bits per heavy atom. The molecule has 7 nitrogen and oxygen atoms in total. The number of aliphatic hydroxyl groups is 1. The highest BCUT2D eigenvalue weighted by atomic mass is 16.3. The topological polar surface area (TPSA) is 83.3 Å². The van der Waals surface area contributed by atoms with Crippen LogP contribution in [0.15, 0.2) is 47.4 Å². The smallest absolute Gasteiger partial charge is 0.252 e. The Labute approximate surface area is 175 Å². The summed E-state index contributed by atoms with van der Waals surface area (Å²) in [5, 5.41) is 13.8. The van der Waals surface area contributed by atoms with Gasteiger partial charge in [-0.05, 0) is 56.0 Å². The summed E-state index contributed by atoms with van der Waals surface area (Å²) in [6, 6.07) is 11.8. The van der Waals surface area contributed by atoms with Crippen molar-refractivity contribution in [2.45, 2.75) is 50.7 Å². The molecule has 7 heteroatoms. The van der Waals surface area contributed by atoms with Gasteiger partial charge in [0, 0.05) is 48.2 Å². The Bertz CT molecular complexity index is 1080. The van der Waals surface area contributed by atoms with E-state index in [1.54, 1.807) is 18.3 Å². The molecule has 0 atom stereocenters. The number of nitrogens with one attached hydrogen (secondary N) is 1.